The van der Waals surface area contributed by atoms with Gasteiger partial charge in [-0.1, -0.05) is 60.7 Å². The van der Waals surface area contributed by atoms with Gasteiger partial charge in [-0.2, -0.15) is 0 Å². The molecule has 0 fully saturated rings. The molecule has 142 valence electrons. The van der Waals surface area contributed by atoms with Crippen LogP contribution in [-0.2, 0) is 13.0 Å². The van der Waals surface area contributed by atoms with Gasteiger partial charge in [0.1, 0.15) is 4.83 Å². The molecule has 6 heteroatoms. The largest absolute Gasteiger partial charge is 0.293 e. The van der Waals surface area contributed by atoms with E-state index in [1.807, 2.05) is 59.3 Å². The van der Waals surface area contributed by atoms with Gasteiger partial charge in [-0.05, 0) is 11.1 Å². The van der Waals surface area contributed by atoms with Crippen LogP contribution in [0.25, 0.3) is 21.3 Å². The van der Waals surface area contributed by atoms with Gasteiger partial charge in [0.2, 0.25) is 0 Å². The van der Waals surface area contributed by atoms with Crippen LogP contribution in [0, 0.1) is 0 Å². The maximum Gasteiger partial charge on any atom is 0.263 e. The van der Waals surface area contributed by atoms with Crippen LogP contribution in [0.3, 0.4) is 0 Å². The smallest absolute Gasteiger partial charge is 0.263 e. The summed E-state index contributed by atoms with van der Waals surface area (Å²) in [6.45, 7) is 0.428. The lowest BCUT2D eigenvalue weighted by Gasteiger charge is -2.04. The van der Waals surface area contributed by atoms with Gasteiger partial charge < -0.3 is 0 Å². The van der Waals surface area contributed by atoms with E-state index in [1.165, 1.54) is 16.9 Å². The Morgan fingerprint density at radius 3 is 2.45 bits per heavy atom. The maximum atomic E-state index is 13.2. The number of aromatic nitrogens is 3. The zero-order chi connectivity index (χ0) is 19.6. The number of hydrogen-bond acceptors (Lipinski definition) is 5. The summed E-state index contributed by atoms with van der Waals surface area (Å²) in [5.74, 6) is 0. The molecule has 0 aliphatic carbocycles. The molecule has 5 rings (SSSR count). The molecule has 4 nitrogen and oxygen atoms in total. The van der Waals surface area contributed by atoms with E-state index < -0.39 is 0 Å². The van der Waals surface area contributed by atoms with Crippen molar-refractivity contribution in [3.05, 3.63) is 104 Å². The third-order valence-electron chi connectivity index (χ3n) is 4.78. The van der Waals surface area contributed by atoms with Crippen molar-refractivity contribution in [2.75, 3.05) is 0 Å². The van der Waals surface area contributed by atoms with Crippen LogP contribution in [0.15, 0.2) is 82.5 Å². The average Bonchev–Trinajstić information content (AvgIpc) is 3.39. The van der Waals surface area contributed by atoms with E-state index in [0.29, 0.717) is 11.9 Å². The Morgan fingerprint density at radius 1 is 0.897 bits per heavy atom. The molecule has 5 aromatic rings. The molecule has 0 atom stereocenters. The lowest BCUT2D eigenvalue weighted by Crippen LogP contribution is -2.21. The second-order valence-electron chi connectivity index (χ2n) is 6.77. The van der Waals surface area contributed by atoms with Gasteiger partial charge in [0, 0.05) is 22.7 Å². The number of benzene rings is 2. The van der Waals surface area contributed by atoms with Crippen LogP contribution in [0.4, 0.5) is 0 Å². The van der Waals surface area contributed by atoms with Gasteiger partial charge in [-0.25, -0.2) is 9.97 Å². The molecule has 0 saturated heterocycles. The highest BCUT2D eigenvalue weighted by atomic mass is 32.1. The Labute approximate surface area is 175 Å². The Bertz CT molecular complexity index is 1320. The number of nitrogens with zero attached hydrogens (tertiary/aromatic N) is 3. The lowest BCUT2D eigenvalue weighted by molar-refractivity contribution is 0.732. The van der Waals surface area contributed by atoms with Crippen LogP contribution < -0.4 is 5.56 Å². The van der Waals surface area contributed by atoms with Crippen molar-refractivity contribution >= 4 is 32.9 Å². The van der Waals surface area contributed by atoms with Crippen molar-refractivity contribution in [2.45, 2.75) is 13.0 Å². The number of fused-ring (bicyclic) bond motifs is 1. The first-order valence-corrected chi connectivity index (χ1v) is 11.0. The standard InChI is InChI=1S/C23H17N3OS2/c27-23-21-19(17-9-5-2-6-10-17)14-29-22(21)24-15-26(23)12-18-13-28-20(25-18)11-16-7-3-1-4-8-16/h1-10,13-15H,11-12H2. The van der Waals surface area contributed by atoms with Gasteiger partial charge in [0.15, 0.2) is 0 Å². The van der Waals surface area contributed by atoms with Crippen molar-refractivity contribution in [1.82, 2.24) is 14.5 Å². The van der Waals surface area contributed by atoms with Crippen molar-refractivity contribution in [3.8, 4) is 11.1 Å². The fourth-order valence-electron chi connectivity index (χ4n) is 3.36. The minimum Gasteiger partial charge on any atom is -0.293 e. The van der Waals surface area contributed by atoms with Gasteiger partial charge in [0.25, 0.3) is 5.56 Å². The number of rotatable bonds is 5. The van der Waals surface area contributed by atoms with E-state index in [-0.39, 0.29) is 5.56 Å². The lowest BCUT2D eigenvalue weighted by atomic mass is 10.1. The highest BCUT2D eigenvalue weighted by molar-refractivity contribution is 7.17. The fraction of sp³-hybridized carbons (Fsp3) is 0.0870. The van der Waals surface area contributed by atoms with Crippen LogP contribution in [0.2, 0.25) is 0 Å². The van der Waals surface area contributed by atoms with Crippen LogP contribution in [0.1, 0.15) is 16.3 Å². The first-order chi connectivity index (χ1) is 14.3. The molecule has 0 unspecified atom stereocenters. The van der Waals surface area contributed by atoms with Crippen LogP contribution in [-0.4, -0.2) is 14.5 Å². The molecule has 0 bridgehead atoms. The van der Waals surface area contributed by atoms with E-state index in [2.05, 4.69) is 17.1 Å². The van der Waals surface area contributed by atoms with E-state index in [0.717, 1.165) is 33.1 Å². The van der Waals surface area contributed by atoms with Gasteiger partial charge in [-0.15, -0.1) is 22.7 Å². The van der Waals surface area contributed by atoms with Gasteiger partial charge in [-0.3, -0.25) is 9.36 Å². The first kappa shape index (κ1) is 18.0. The molecule has 0 aliphatic rings. The summed E-state index contributed by atoms with van der Waals surface area (Å²) < 4.78 is 1.66. The Balaban J connectivity index is 1.46. The fourth-order valence-corrected chi connectivity index (χ4v) is 5.08. The van der Waals surface area contributed by atoms with Gasteiger partial charge >= 0.3 is 0 Å². The summed E-state index contributed by atoms with van der Waals surface area (Å²) >= 11 is 3.14. The minimum atomic E-state index is -0.0206. The summed E-state index contributed by atoms with van der Waals surface area (Å²) in [4.78, 5) is 23.2. The quantitative estimate of drug-likeness (QED) is 0.395. The second-order valence-corrected chi connectivity index (χ2v) is 8.57. The highest BCUT2D eigenvalue weighted by Gasteiger charge is 2.14. The van der Waals surface area contributed by atoms with E-state index >= 15 is 0 Å². The molecular weight excluding hydrogens is 398 g/mol. The zero-order valence-corrected chi connectivity index (χ0v) is 17.1. The van der Waals surface area contributed by atoms with Crippen molar-refractivity contribution in [1.29, 1.82) is 0 Å². The molecule has 29 heavy (non-hydrogen) atoms. The van der Waals surface area contributed by atoms with Crippen LogP contribution in [0.5, 0.6) is 0 Å². The predicted molar refractivity (Wildman–Crippen MR) is 120 cm³/mol. The van der Waals surface area contributed by atoms with E-state index in [1.54, 1.807) is 22.2 Å². The third kappa shape index (κ3) is 3.64. The molecule has 0 saturated carbocycles. The molecule has 0 radical (unpaired) electrons. The number of hydrogen-bond donors (Lipinski definition) is 0. The molecule has 3 heterocycles. The molecular formula is C23H17N3OS2. The van der Waals surface area contributed by atoms with Gasteiger partial charge in [0.05, 0.1) is 29.0 Å². The third-order valence-corrected chi connectivity index (χ3v) is 6.56. The molecule has 0 aliphatic heterocycles. The second kappa shape index (κ2) is 7.73. The monoisotopic (exact) mass is 415 g/mol. The van der Waals surface area contributed by atoms with Crippen LogP contribution >= 0.6 is 22.7 Å². The average molecular weight is 416 g/mol. The summed E-state index contributed by atoms with van der Waals surface area (Å²) in [7, 11) is 0. The molecule has 0 amide bonds. The normalized spacial score (nSPS) is 11.2. The molecule has 3 aromatic heterocycles. The predicted octanol–water partition coefficient (Wildman–Crippen LogP) is 5.22. The summed E-state index contributed by atoms with van der Waals surface area (Å²) in [5.41, 5.74) is 4.09. The van der Waals surface area contributed by atoms with Crippen molar-refractivity contribution < 1.29 is 0 Å². The maximum absolute atomic E-state index is 13.2. The highest BCUT2D eigenvalue weighted by Crippen LogP contribution is 2.30. The molecule has 0 N–H and O–H groups in total. The van der Waals surface area contributed by atoms with E-state index in [4.69, 9.17) is 4.98 Å². The number of thiazole rings is 1. The summed E-state index contributed by atoms with van der Waals surface area (Å²) in [6.07, 6.45) is 2.44. The Kier molecular flexibility index (Phi) is 4.79. The SMILES string of the molecule is O=c1c2c(-c3ccccc3)csc2ncn1Cc1csc(Cc2ccccc2)n1. The Morgan fingerprint density at radius 2 is 1.66 bits per heavy atom. The number of thiophene rings is 1. The molecule has 2 aromatic carbocycles. The summed E-state index contributed by atoms with van der Waals surface area (Å²) in [6, 6.07) is 20.3. The Hall–Kier alpha value is -3.09. The molecule has 0 spiro atoms. The van der Waals surface area contributed by atoms with Crippen molar-refractivity contribution in [3.63, 3.8) is 0 Å². The van der Waals surface area contributed by atoms with Crippen molar-refractivity contribution in [2.24, 2.45) is 0 Å². The van der Waals surface area contributed by atoms with E-state index in [9.17, 15) is 4.79 Å². The topological polar surface area (TPSA) is 47.8 Å². The summed E-state index contributed by atoms with van der Waals surface area (Å²) in [5, 5.41) is 5.78. The minimum absolute atomic E-state index is 0.0206. The zero-order valence-electron chi connectivity index (χ0n) is 15.5. The first-order valence-electron chi connectivity index (χ1n) is 9.27.